The zero-order valence-corrected chi connectivity index (χ0v) is 12.6. The maximum Gasteiger partial charge on any atom is 0.327 e. The molecule has 0 saturated carbocycles. The van der Waals surface area contributed by atoms with Gasteiger partial charge in [-0.1, -0.05) is 19.1 Å². The zero-order chi connectivity index (χ0) is 15.5. The lowest BCUT2D eigenvalue weighted by Gasteiger charge is -2.36. The van der Waals surface area contributed by atoms with E-state index in [9.17, 15) is 14.4 Å². The molecule has 116 valence electrons. The summed E-state index contributed by atoms with van der Waals surface area (Å²) in [6.07, 6.45) is 5.48. The predicted molar refractivity (Wildman–Crippen MR) is 76.5 cm³/mol. The van der Waals surface area contributed by atoms with Crippen molar-refractivity contribution in [2.24, 2.45) is 0 Å². The molecule has 0 aromatic carbocycles. The number of ether oxygens (including phenoxy) is 1. The molecule has 2 aliphatic rings. The minimum Gasteiger partial charge on any atom is -0.466 e. The fourth-order valence-electron chi connectivity index (χ4n) is 3.00. The van der Waals surface area contributed by atoms with E-state index >= 15 is 0 Å². The average Bonchev–Trinajstić information content (AvgIpc) is 2.69. The Morgan fingerprint density at radius 1 is 1.33 bits per heavy atom. The molecule has 6 heteroatoms. The highest BCUT2D eigenvalue weighted by atomic mass is 16.5. The quantitative estimate of drug-likeness (QED) is 0.425. The molecule has 0 radical (unpaired) electrons. The lowest BCUT2D eigenvalue weighted by Crippen LogP contribution is -2.51. The summed E-state index contributed by atoms with van der Waals surface area (Å²) in [6, 6.07) is -0.241. The van der Waals surface area contributed by atoms with Gasteiger partial charge in [0.15, 0.2) is 0 Å². The van der Waals surface area contributed by atoms with Gasteiger partial charge in [0.2, 0.25) is 0 Å². The molecule has 0 aliphatic carbocycles. The summed E-state index contributed by atoms with van der Waals surface area (Å²) in [5, 5.41) is 0. The van der Waals surface area contributed by atoms with Crippen LogP contribution in [-0.2, 0) is 14.3 Å². The van der Waals surface area contributed by atoms with Gasteiger partial charge in [-0.15, -0.1) is 0 Å². The van der Waals surface area contributed by atoms with Crippen molar-refractivity contribution in [2.45, 2.75) is 45.1 Å². The zero-order valence-electron chi connectivity index (χ0n) is 12.6. The summed E-state index contributed by atoms with van der Waals surface area (Å²) in [4.78, 5) is 39.6. The van der Waals surface area contributed by atoms with E-state index in [1.54, 1.807) is 11.8 Å². The second-order valence-corrected chi connectivity index (χ2v) is 5.36. The first kappa shape index (κ1) is 15.5. The number of urea groups is 1. The SMILES string of the molecule is CCCN1C(=O)N2CC=CCC2(CCC(=O)OCC)C1=O. The number of carbonyl (C=O) groups excluding carboxylic acids is 3. The summed E-state index contributed by atoms with van der Waals surface area (Å²) < 4.78 is 4.93. The molecule has 2 rings (SSSR count). The molecule has 1 fully saturated rings. The monoisotopic (exact) mass is 294 g/mol. The summed E-state index contributed by atoms with van der Waals surface area (Å²) >= 11 is 0. The Balaban J connectivity index is 2.19. The molecule has 0 aromatic heterocycles. The van der Waals surface area contributed by atoms with Crippen molar-refractivity contribution in [1.29, 1.82) is 0 Å². The van der Waals surface area contributed by atoms with Crippen molar-refractivity contribution >= 4 is 17.9 Å². The Morgan fingerprint density at radius 2 is 2.10 bits per heavy atom. The van der Waals surface area contributed by atoms with Gasteiger partial charge in [0.25, 0.3) is 5.91 Å². The number of nitrogens with zero attached hydrogens (tertiary/aromatic N) is 2. The second-order valence-electron chi connectivity index (χ2n) is 5.36. The van der Waals surface area contributed by atoms with Crippen LogP contribution in [0.2, 0.25) is 0 Å². The average molecular weight is 294 g/mol. The van der Waals surface area contributed by atoms with E-state index in [0.717, 1.165) is 6.42 Å². The van der Waals surface area contributed by atoms with E-state index in [-0.39, 0.29) is 24.3 Å². The molecule has 1 saturated heterocycles. The molecule has 1 atom stereocenters. The Kier molecular flexibility index (Phi) is 4.65. The maximum atomic E-state index is 12.7. The highest BCUT2D eigenvalue weighted by molar-refractivity contribution is 6.07. The van der Waals surface area contributed by atoms with Gasteiger partial charge in [-0.2, -0.15) is 0 Å². The van der Waals surface area contributed by atoms with Gasteiger partial charge >= 0.3 is 12.0 Å². The molecule has 0 bridgehead atoms. The first-order valence-electron chi connectivity index (χ1n) is 7.51. The van der Waals surface area contributed by atoms with E-state index in [1.165, 1.54) is 4.90 Å². The van der Waals surface area contributed by atoms with Crippen molar-refractivity contribution in [3.8, 4) is 0 Å². The summed E-state index contributed by atoms with van der Waals surface area (Å²) in [5.41, 5.74) is -0.895. The number of rotatable bonds is 6. The van der Waals surface area contributed by atoms with Crippen molar-refractivity contribution in [2.75, 3.05) is 19.7 Å². The molecule has 0 N–H and O–H groups in total. The van der Waals surface area contributed by atoms with Crippen LogP contribution in [0.3, 0.4) is 0 Å². The molecule has 2 aliphatic heterocycles. The number of amides is 3. The Morgan fingerprint density at radius 3 is 2.76 bits per heavy atom. The topological polar surface area (TPSA) is 66.9 Å². The van der Waals surface area contributed by atoms with E-state index in [2.05, 4.69) is 0 Å². The molecular weight excluding hydrogens is 272 g/mol. The van der Waals surface area contributed by atoms with Crippen LogP contribution in [0.4, 0.5) is 4.79 Å². The predicted octanol–water partition coefficient (Wildman–Crippen LogP) is 1.70. The van der Waals surface area contributed by atoms with Crippen molar-refractivity contribution in [1.82, 2.24) is 9.80 Å². The number of fused-ring (bicyclic) bond motifs is 1. The van der Waals surface area contributed by atoms with Crippen LogP contribution in [0.5, 0.6) is 0 Å². The number of esters is 1. The summed E-state index contributed by atoms with van der Waals surface area (Å²) in [7, 11) is 0. The minimum atomic E-state index is -0.895. The molecule has 6 nitrogen and oxygen atoms in total. The lowest BCUT2D eigenvalue weighted by molar-refractivity contribution is -0.144. The van der Waals surface area contributed by atoms with Crippen LogP contribution in [0.1, 0.15) is 39.5 Å². The number of imide groups is 1. The molecule has 0 spiro atoms. The molecule has 21 heavy (non-hydrogen) atoms. The largest absolute Gasteiger partial charge is 0.466 e. The maximum absolute atomic E-state index is 12.7. The van der Waals surface area contributed by atoms with Gasteiger partial charge in [-0.25, -0.2) is 4.79 Å². The van der Waals surface area contributed by atoms with Crippen LogP contribution in [-0.4, -0.2) is 52.9 Å². The van der Waals surface area contributed by atoms with Crippen LogP contribution in [0.25, 0.3) is 0 Å². The van der Waals surface area contributed by atoms with Gasteiger partial charge in [0.1, 0.15) is 5.54 Å². The van der Waals surface area contributed by atoms with E-state index in [1.807, 2.05) is 19.1 Å². The first-order chi connectivity index (χ1) is 10.1. The minimum absolute atomic E-state index is 0.150. The van der Waals surface area contributed by atoms with E-state index < -0.39 is 5.54 Å². The van der Waals surface area contributed by atoms with Crippen LogP contribution < -0.4 is 0 Å². The number of hydrogen-bond acceptors (Lipinski definition) is 4. The van der Waals surface area contributed by atoms with Gasteiger partial charge in [0.05, 0.1) is 6.61 Å². The number of hydrogen-bond donors (Lipinski definition) is 0. The molecule has 3 amide bonds. The van der Waals surface area contributed by atoms with Crippen LogP contribution in [0, 0.1) is 0 Å². The van der Waals surface area contributed by atoms with Gasteiger partial charge in [-0.05, 0) is 26.2 Å². The standard InChI is InChI=1S/C15H22N2O4/c1-3-10-16-13(19)15(9-7-12(18)21-4-2)8-5-6-11-17(15)14(16)20/h5-6H,3-4,7-11H2,1-2H3. The smallest absolute Gasteiger partial charge is 0.327 e. The molecule has 0 aromatic rings. The van der Waals surface area contributed by atoms with Gasteiger partial charge in [0, 0.05) is 19.5 Å². The summed E-state index contributed by atoms with van der Waals surface area (Å²) in [6.45, 7) is 4.85. The van der Waals surface area contributed by atoms with Crippen molar-refractivity contribution in [3.63, 3.8) is 0 Å². The van der Waals surface area contributed by atoms with Gasteiger partial charge in [-0.3, -0.25) is 14.5 Å². The Bertz CT molecular complexity index is 474. The molecule has 1 unspecified atom stereocenters. The van der Waals surface area contributed by atoms with Gasteiger partial charge < -0.3 is 9.64 Å². The fraction of sp³-hybridized carbons (Fsp3) is 0.667. The van der Waals surface area contributed by atoms with Crippen molar-refractivity contribution < 1.29 is 19.1 Å². The molecule has 2 heterocycles. The third-order valence-electron chi connectivity index (χ3n) is 4.03. The second kappa shape index (κ2) is 6.28. The van der Waals surface area contributed by atoms with Crippen molar-refractivity contribution in [3.05, 3.63) is 12.2 Å². The Labute approximate surface area is 124 Å². The molecular formula is C15H22N2O4. The third-order valence-corrected chi connectivity index (χ3v) is 4.03. The summed E-state index contributed by atoms with van der Waals surface area (Å²) in [5.74, 6) is -0.501. The van der Waals surface area contributed by atoms with Crippen LogP contribution >= 0.6 is 0 Å². The highest BCUT2D eigenvalue weighted by Crippen LogP contribution is 2.37. The van der Waals surface area contributed by atoms with Crippen LogP contribution in [0.15, 0.2) is 12.2 Å². The fourth-order valence-corrected chi connectivity index (χ4v) is 3.00. The Hall–Kier alpha value is -1.85. The number of carbonyl (C=O) groups is 3. The van der Waals surface area contributed by atoms with E-state index in [4.69, 9.17) is 4.74 Å². The third kappa shape index (κ3) is 2.66. The highest BCUT2D eigenvalue weighted by Gasteiger charge is 2.56. The van der Waals surface area contributed by atoms with E-state index in [0.29, 0.717) is 32.5 Å². The first-order valence-corrected chi connectivity index (χ1v) is 7.51. The lowest BCUT2D eigenvalue weighted by atomic mass is 9.86. The normalized spacial score (nSPS) is 24.5.